The second kappa shape index (κ2) is 6.85. The molecule has 2 heteroatoms. The van der Waals surface area contributed by atoms with Gasteiger partial charge in [0, 0.05) is 4.90 Å². The molecule has 0 amide bonds. The van der Waals surface area contributed by atoms with Crippen LogP contribution < -0.4 is 0 Å². The van der Waals surface area contributed by atoms with Crippen molar-refractivity contribution in [3.05, 3.63) is 23.3 Å². The molecule has 0 aliphatic rings. The van der Waals surface area contributed by atoms with Crippen LogP contribution >= 0.6 is 12.6 Å². The quantitative estimate of drug-likeness (QED) is 0.557. The minimum absolute atomic E-state index is 0.315. The molecule has 0 unspecified atom stereocenters. The van der Waals surface area contributed by atoms with Crippen LogP contribution in [0, 0.1) is 0 Å². The van der Waals surface area contributed by atoms with Gasteiger partial charge in [0.05, 0.1) is 0 Å². The lowest BCUT2D eigenvalue weighted by Crippen LogP contribution is -1.96. The summed E-state index contributed by atoms with van der Waals surface area (Å²) in [5.41, 5.74) is 2.60. The first-order chi connectivity index (χ1) is 7.70. The Morgan fingerprint density at radius 1 is 1.06 bits per heavy atom. The molecule has 16 heavy (non-hydrogen) atoms. The van der Waals surface area contributed by atoms with Gasteiger partial charge in [-0.05, 0) is 36.5 Å². The number of unbranched alkanes of at least 4 members (excludes halogenated alkanes) is 2. The second-order valence-corrected chi connectivity index (χ2v) is 4.73. The van der Waals surface area contributed by atoms with E-state index in [9.17, 15) is 5.11 Å². The lowest BCUT2D eigenvalue weighted by atomic mass is 9.98. The van der Waals surface area contributed by atoms with Crippen molar-refractivity contribution >= 4 is 12.6 Å². The van der Waals surface area contributed by atoms with E-state index in [1.807, 2.05) is 6.07 Å². The fourth-order valence-corrected chi connectivity index (χ4v) is 2.33. The molecule has 0 fully saturated rings. The van der Waals surface area contributed by atoms with Crippen LogP contribution in [0.4, 0.5) is 0 Å². The summed E-state index contributed by atoms with van der Waals surface area (Å²) >= 11 is 4.43. The summed E-state index contributed by atoms with van der Waals surface area (Å²) < 4.78 is 0. The van der Waals surface area contributed by atoms with Gasteiger partial charge in [0.25, 0.3) is 0 Å². The molecule has 0 radical (unpaired) electrons. The van der Waals surface area contributed by atoms with E-state index in [-0.39, 0.29) is 0 Å². The van der Waals surface area contributed by atoms with Crippen LogP contribution in [0.5, 0.6) is 5.75 Å². The highest BCUT2D eigenvalue weighted by Gasteiger charge is 2.09. The number of phenolic OH excluding ortho intramolecular Hbond substituents is 1. The van der Waals surface area contributed by atoms with E-state index in [4.69, 9.17) is 0 Å². The smallest absolute Gasteiger partial charge is 0.129 e. The number of benzene rings is 1. The first-order valence-electron chi connectivity index (χ1n) is 6.23. The maximum absolute atomic E-state index is 9.67. The van der Waals surface area contributed by atoms with Gasteiger partial charge >= 0.3 is 0 Å². The SMILES string of the molecule is CCCCCc1c(CCC)ccc(O)c1S. The topological polar surface area (TPSA) is 20.2 Å². The summed E-state index contributed by atoms with van der Waals surface area (Å²) in [6.45, 7) is 4.39. The molecular formula is C14H22OS. The van der Waals surface area contributed by atoms with Crippen LogP contribution in [0.2, 0.25) is 0 Å². The van der Waals surface area contributed by atoms with Gasteiger partial charge in [-0.2, -0.15) is 0 Å². The maximum atomic E-state index is 9.67. The molecule has 0 aliphatic carbocycles. The summed E-state index contributed by atoms with van der Waals surface area (Å²) in [4.78, 5) is 0.780. The lowest BCUT2D eigenvalue weighted by molar-refractivity contribution is 0.460. The number of hydrogen-bond acceptors (Lipinski definition) is 2. The Balaban J connectivity index is 2.87. The first kappa shape index (κ1) is 13.4. The van der Waals surface area contributed by atoms with Crippen molar-refractivity contribution in [1.82, 2.24) is 0 Å². The molecule has 1 nitrogen and oxygen atoms in total. The fraction of sp³-hybridized carbons (Fsp3) is 0.571. The number of phenols is 1. The van der Waals surface area contributed by atoms with Gasteiger partial charge in [-0.3, -0.25) is 0 Å². The summed E-state index contributed by atoms with van der Waals surface area (Å²) in [6, 6.07) is 3.80. The molecule has 0 saturated carbocycles. The van der Waals surface area contributed by atoms with E-state index in [0.717, 1.165) is 24.2 Å². The molecule has 0 aliphatic heterocycles. The zero-order chi connectivity index (χ0) is 12.0. The Bertz CT molecular complexity index is 334. The highest BCUT2D eigenvalue weighted by Crippen LogP contribution is 2.30. The van der Waals surface area contributed by atoms with Gasteiger partial charge in [0.2, 0.25) is 0 Å². The molecule has 0 bridgehead atoms. The van der Waals surface area contributed by atoms with Crippen LogP contribution in [0.1, 0.15) is 50.7 Å². The van der Waals surface area contributed by atoms with E-state index in [1.54, 1.807) is 6.07 Å². The van der Waals surface area contributed by atoms with Crippen LogP contribution in [0.3, 0.4) is 0 Å². The van der Waals surface area contributed by atoms with E-state index in [0.29, 0.717) is 5.75 Å². The van der Waals surface area contributed by atoms with Crippen molar-refractivity contribution in [2.75, 3.05) is 0 Å². The van der Waals surface area contributed by atoms with Crippen molar-refractivity contribution in [2.24, 2.45) is 0 Å². The number of rotatable bonds is 6. The molecule has 1 rings (SSSR count). The summed E-state index contributed by atoms with van der Waals surface area (Å²) in [7, 11) is 0. The van der Waals surface area contributed by atoms with Crippen molar-refractivity contribution in [1.29, 1.82) is 0 Å². The monoisotopic (exact) mass is 238 g/mol. The third kappa shape index (κ3) is 3.44. The molecule has 0 atom stereocenters. The number of aryl methyl sites for hydroxylation is 1. The van der Waals surface area contributed by atoms with Gasteiger partial charge in [0.1, 0.15) is 5.75 Å². The molecular weight excluding hydrogens is 216 g/mol. The average molecular weight is 238 g/mol. The predicted molar refractivity (Wildman–Crippen MR) is 72.6 cm³/mol. The predicted octanol–water partition coefficient (Wildman–Crippen LogP) is 4.37. The van der Waals surface area contributed by atoms with Crippen LogP contribution in [-0.4, -0.2) is 5.11 Å². The molecule has 0 aromatic heterocycles. The summed E-state index contributed by atoms with van der Waals surface area (Å²) in [5.74, 6) is 0.315. The van der Waals surface area contributed by atoms with Crippen LogP contribution in [-0.2, 0) is 12.8 Å². The zero-order valence-electron chi connectivity index (χ0n) is 10.3. The Hall–Kier alpha value is -0.630. The number of aromatic hydroxyl groups is 1. The van der Waals surface area contributed by atoms with Gasteiger partial charge in [-0.25, -0.2) is 0 Å². The minimum atomic E-state index is 0.315. The van der Waals surface area contributed by atoms with Gasteiger partial charge in [-0.15, -0.1) is 12.6 Å². The van der Waals surface area contributed by atoms with Crippen molar-refractivity contribution in [2.45, 2.75) is 57.3 Å². The van der Waals surface area contributed by atoms with E-state index < -0.39 is 0 Å². The van der Waals surface area contributed by atoms with E-state index in [2.05, 4.69) is 26.5 Å². The average Bonchev–Trinajstić information content (AvgIpc) is 2.28. The maximum Gasteiger partial charge on any atom is 0.129 e. The Labute approximate surface area is 104 Å². The summed E-state index contributed by atoms with van der Waals surface area (Å²) in [6.07, 6.45) is 6.91. The highest BCUT2D eigenvalue weighted by molar-refractivity contribution is 7.80. The Morgan fingerprint density at radius 2 is 1.81 bits per heavy atom. The van der Waals surface area contributed by atoms with Crippen molar-refractivity contribution in [3.8, 4) is 5.75 Å². The van der Waals surface area contributed by atoms with Crippen LogP contribution in [0.15, 0.2) is 17.0 Å². The van der Waals surface area contributed by atoms with Crippen LogP contribution in [0.25, 0.3) is 0 Å². The van der Waals surface area contributed by atoms with Crippen molar-refractivity contribution < 1.29 is 5.11 Å². The standard InChI is InChI=1S/C14H22OS/c1-3-5-6-8-12-11(7-4-2)9-10-13(15)14(12)16/h9-10,15-16H,3-8H2,1-2H3. The minimum Gasteiger partial charge on any atom is -0.507 e. The third-order valence-corrected chi connectivity index (χ3v) is 3.41. The first-order valence-corrected chi connectivity index (χ1v) is 6.68. The Morgan fingerprint density at radius 3 is 2.44 bits per heavy atom. The molecule has 90 valence electrons. The molecule has 1 N–H and O–H groups in total. The molecule has 1 aromatic carbocycles. The van der Waals surface area contributed by atoms with E-state index in [1.165, 1.54) is 30.4 Å². The largest absolute Gasteiger partial charge is 0.507 e. The number of hydrogen-bond donors (Lipinski definition) is 2. The third-order valence-electron chi connectivity index (χ3n) is 2.91. The molecule has 0 spiro atoms. The molecule has 0 saturated heterocycles. The van der Waals surface area contributed by atoms with E-state index >= 15 is 0 Å². The Kier molecular flexibility index (Phi) is 5.75. The number of thiol groups is 1. The van der Waals surface area contributed by atoms with Crippen molar-refractivity contribution in [3.63, 3.8) is 0 Å². The molecule has 1 aromatic rings. The molecule has 0 heterocycles. The fourth-order valence-electron chi connectivity index (χ4n) is 2.00. The lowest BCUT2D eigenvalue weighted by Gasteiger charge is -2.12. The van der Waals surface area contributed by atoms with Gasteiger partial charge in [0.15, 0.2) is 0 Å². The highest BCUT2D eigenvalue weighted by atomic mass is 32.1. The van der Waals surface area contributed by atoms with Gasteiger partial charge < -0.3 is 5.11 Å². The second-order valence-electron chi connectivity index (χ2n) is 4.28. The van der Waals surface area contributed by atoms with Gasteiger partial charge in [-0.1, -0.05) is 39.2 Å². The zero-order valence-corrected chi connectivity index (χ0v) is 11.2. The normalized spacial score (nSPS) is 10.7. The summed E-state index contributed by atoms with van der Waals surface area (Å²) in [5, 5.41) is 9.67.